The summed E-state index contributed by atoms with van der Waals surface area (Å²) in [4.78, 5) is 0. The lowest BCUT2D eigenvalue weighted by Gasteiger charge is -2.37. The highest BCUT2D eigenvalue weighted by Gasteiger charge is 2.29. The third-order valence-electron chi connectivity index (χ3n) is 3.37. The fourth-order valence-corrected chi connectivity index (χ4v) is 1.62. The third-order valence-corrected chi connectivity index (χ3v) is 3.37. The molecule has 0 aromatic carbocycles. The van der Waals surface area contributed by atoms with Crippen molar-refractivity contribution in [2.24, 2.45) is 11.8 Å². The van der Waals surface area contributed by atoms with Gasteiger partial charge in [-0.1, -0.05) is 20.8 Å². The maximum atomic E-state index is 9.96. The molecule has 0 spiro atoms. The van der Waals surface area contributed by atoms with Gasteiger partial charge in [0.1, 0.15) is 0 Å². The van der Waals surface area contributed by atoms with E-state index in [1.54, 1.807) is 0 Å². The van der Waals surface area contributed by atoms with E-state index in [4.69, 9.17) is 0 Å². The summed E-state index contributed by atoms with van der Waals surface area (Å²) in [6.45, 7) is 9.03. The van der Waals surface area contributed by atoms with Gasteiger partial charge in [0.05, 0.1) is 5.60 Å². The Labute approximate surface area is 81.7 Å². The fraction of sp³-hybridized carbons (Fsp3) is 1.00. The molecule has 2 N–H and O–H groups in total. The van der Waals surface area contributed by atoms with Crippen LogP contribution < -0.4 is 5.32 Å². The molecule has 1 fully saturated rings. The molecule has 2 heteroatoms. The van der Waals surface area contributed by atoms with E-state index in [2.05, 4.69) is 26.1 Å². The first-order chi connectivity index (χ1) is 5.92. The standard InChI is InChI=1S/C11H23NO/c1-8(2)11(4,13)7-12-10-5-9(3)6-10/h8-10,12-13H,5-7H2,1-4H3. The molecule has 1 aliphatic carbocycles. The van der Waals surface area contributed by atoms with Gasteiger partial charge in [-0.15, -0.1) is 0 Å². The first kappa shape index (κ1) is 11.0. The summed E-state index contributed by atoms with van der Waals surface area (Å²) in [5, 5.41) is 13.4. The van der Waals surface area contributed by atoms with Crippen molar-refractivity contribution in [3.8, 4) is 0 Å². The molecule has 1 rings (SSSR count). The second-order valence-electron chi connectivity index (χ2n) is 5.17. The van der Waals surface area contributed by atoms with Gasteiger partial charge in [0.2, 0.25) is 0 Å². The fourth-order valence-electron chi connectivity index (χ4n) is 1.62. The van der Waals surface area contributed by atoms with Crippen molar-refractivity contribution in [1.29, 1.82) is 0 Å². The van der Waals surface area contributed by atoms with Crippen molar-refractivity contribution in [2.45, 2.75) is 52.2 Å². The van der Waals surface area contributed by atoms with Crippen LogP contribution in [-0.2, 0) is 0 Å². The number of nitrogens with one attached hydrogen (secondary N) is 1. The van der Waals surface area contributed by atoms with Crippen LogP contribution in [0.25, 0.3) is 0 Å². The Hall–Kier alpha value is -0.0800. The van der Waals surface area contributed by atoms with E-state index in [9.17, 15) is 5.11 Å². The Morgan fingerprint density at radius 1 is 1.46 bits per heavy atom. The predicted molar refractivity (Wildman–Crippen MR) is 55.7 cm³/mol. The summed E-state index contributed by atoms with van der Waals surface area (Å²) in [7, 11) is 0. The van der Waals surface area contributed by atoms with Crippen LogP contribution in [0.15, 0.2) is 0 Å². The zero-order valence-electron chi connectivity index (χ0n) is 9.30. The molecule has 0 aliphatic heterocycles. The molecule has 0 radical (unpaired) electrons. The Balaban J connectivity index is 2.18. The van der Waals surface area contributed by atoms with Gasteiger partial charge in [0.25, 0.3) is 0 Å². The van der Waals surface area contributed by atoms with Crippen LogP contribution >= 0.6 is 0 Å². The van der Waals surface area contributed by atoms with Crippen LogP contribution in [0.5, 0.6) is 0 Å². The smallest absolute Gasteiger partial charge is 0.0766 e. The van der Waals surface area contributed by atoms with Crippen molar-refractivity contribution in [3.63, 3.8) is 0 Å². The molecule has 1 saturated carbocycles. The zero-order valence-corrected chi connectivity index (χ0v) is 9.30. The molecule has 0 amide bonds. The number of hydrogen-bond donors (Lipinski definition) is 2. The van der Waals surface area contributed by atoms with Crippen LogP contribution in [0.1, 0.15) is 40.5 Å². The van der Waals surface area contributed by atoms with E-state index in [1.165, 1.54) is 12.8 Å². The first-order valence-electron chi connectivity index (χ1n) is 5.37. The molecule has 78 valence electrons. The van der Waals surface area contributed by atoms with Gasteiger partial charge >= 0.3 is 0 Å². The zero-order chi connectivity index (χ0) is 10.1. The van der Waals surface area contributed by atoms with Crippen LogP contribution in [0.2, 0.25) is 0 Å². The highest BCUT2D eigenvalue weighted by Crippen LogP contribution is 2.27. The van der Waals surface area contributed by atoms with E-state index in [0.29, 0.717) is 12.0 Å². The van der Waals surface area contributed by atoms with Gasteiger partial charge < -0.3 is 10.4 Å². The summed E-state index contributed by atoms with van der Waals surface area (Å²) in [6, 6.07) is 0.653. The number of aliphatic hydroxyl groups is 1. The van der Waals surface area contributed by atoms with Crippen LogP contribution in [0.4, 0.5) is 0 Å². The normalized spacial score (nSPS) is 32.8. The van der Waals surface area contributed by atoms with Gasteiger partial charge in [-0.05, 0) is 31.6 Å². The molecule has 0 aromatic heterocycles. The second kappa shape index (κ2) is 3.97. The molecule has 13 heavy (non-hydrogen) atoms. The summed E-state index contributed by atoms with van der Waals surface area (Å²) < 4.78 is 0. The summed E-state index contributed by atoms with van der Waals surface area (Å²) in [6.07, 6.45) is 2.54. The van der Waals surface area contributed by atoms with E-state index < -0.39 is 5.60 Å². The molecule has 0 bridgehead atoms. The highest BCUT2D eigenvalue weighted by molar-refractivity contribution is 4.86. The topological polar surface area (TPSA) is 32.3 Å². The Morgan fingerprint density at radius 3 is 2.38 bits per heavy atom. The van der Waals surface area contributed by atoms with Crippen LogP contribution in [0, 0.1) is 11.8 Å². The van der Waals surface area contributed by atoms with Gasteiger partial charge in [-0.25, -0.2) is 0 Å². The van der Waals surface area contributed by atoms with Crippen molar-refractivity contribution in [2.75, 3.05) is 6.54 Å². The molecule has 1 unspecified atom stereocenters. The van der Waals surface area contributed by atoms with Crippen LogP contribution in [0.3, 0.4) is 0 Å². The minimum absolute atomic E-state index is 0.317. The minimum atomic E-state index is -0.557. The third kappa shape index (κ3) is 2.96. The lowest BCUT2D eigenvalue weighted by molar-refractivity contribution is 0.00738. The number of hydrogen-bond acceptors (Lipinski definition) is 2. The molecular formula is C11H23NO. The second-order valence-corrected chi connectivity index (χ2v) is 5.17. The molecule has 1 aliphatic rings. The van der Waals surface area contributed by atoms with Gasteiger partial charge in [0, 0.05) is 12.6 Å². The Kier molecular flexibility index (Phi) is 3.36. The number of rotatable bonds is 4. The maximum Gasteiger partial charge on any atom is 0.0766 e. The predicted octanol–water partition coefficient (Wildman–Crippen LogP) is 1.78. The largest absolute Gasteiger partial charge is 0.389 e. The minimum Gasteiger partial charge on any atom is -0.389 e. The average Bonchev–Trinajstić information content (AvgIpc) is 1.95. The van der Waals surface area contributed by atoms with E-state index in [0.717, 1.165) is 12.5 Å². The molecule has 1 atom stereocenters. The van der Waals surface area contributed by atoms with E-state index in [-0.39, 0.29) is 0 Å². The molecule has 0 heterocycles. The Morgan fingerprint density at radius 2 is 2.00 bits per heavy atom. The van der Waals surface area contributed by atoms with E-state index in [1.807, 2.05) is 6.92 Å². The Bertz CT molecular complexity index is 159. The lowest BCUT2D eigenvalue weighted by Crippen LogP contribution is -2.49. The summed E-state index contributed by atoms with van der Waals surface area (Å²) in [5.41, 5.74) is -0.557. The van der Waals surface area contributed by atoms with Crippen LogP contribution in [-0.4, -0.2) is 23.3 Å². The quantitative estimate of drug-likeness (QED) is 0.700. The van der Waals surface area contributed by atoms with Gasteiger partial charge in [-0.2, -0.15) is 0 Å². The van der Waals surface area contributed by atoms with Crippen molar-refractivity contribution < 1.29 is 5.11 Å². The van der Waals surface area contributed by atoms with Gasteiger partial charge in [-0.3, -0.25) is 0 Å². The monoisotopic (exact) mass is 185 g/mol. The van der Waals surface area contributed by atoms with Gasteiger partial charge in [0.15, 0.2) is 0 Å². The van der Waals surface area contributed by atoms with Crippen molar-refractivity contribution >= 4 is 0 Å². The lowest BCUT2D eigenvalue weighted by atomic mass is 9.81. The average molecular weight is 185 g/mol. The first-order valence-corrected chi connectivity index (χ1v) is 5.37. The molecular weight excluding hydrogens is 162 g/mol. The van der Waals surface area contributed by atoms with Crippen molar-refractivity contribution in [1.82, 2.24) is 5.32 Å². The molecule has 0 saturated heterocycles. The SMILES string of the molecule is CC1CC(NCC(C)(O)C(C)C)C1. The van der Waals surface area contributed by atoms with E-state index >= 15 is 0 Å². The van der Waals surface area contributed by atoms with Crippen molar-refractivity contribution in [3.05, 3.63) is 0 Å². The summed E-state index contributed by atoms with van der Waals surface area (Å²) in [5.74, 6) is 1.19. The molecule has 0 aromatic rings. The molecule has 2 nitrogen and oxygen atoms in total. The highest BCUT2D eigenvalue weighted by atomic mass is 16.3. The maximum absolute atomic E-state index is 9.96. The summed E-state index contributed by atoms with van der Waals surface area (Å²) >= 11 is 0.